The predicted octanol–water partition coefficient (Wildman–Crippen LogP) is 4.31. The number of anilines is 1. The van der Waals surface area contributed by atoms with Crippen LogP contribution in [0.2, 0.25) is 0 Å². The molecule has 0 fully saturated rings. The summed E-state index contributed by atoms with van der Waals surface area (Å²) in [6.07, 6.45) is -0.708. The number of ether oxygens (including phenoxy) is 2. The highest BCUT2D eigenvalue weighted by atomic mass is 19.3. The van der Waals surface area contributed by atoms with Crippen molar-refractivity contribution in [3.05, 3.63) is 90.0 Å². The molecule has 0 bridgehead atoms. The van der Waals surface area contributed by atoms with Crippen LogP contribution in [0.25, 0.3) is 0 Å². The molecule has 1 heterocycles. The fourth-order valence-electron chi connectivity index (χ4n) is 3.72. The molecule has 8 heteroatoms. The highest BCUT2D eigenvalue weighted by molar-refractivity contribution is 6.03. The fourth-order valence-corrected chi connectivity index (χ4v) is 3.72. The van der Waals surface area contributed by atoms with E-state index in [1.54, 1.807) is 43.3 Å². The number of carbonyl (C=O) groups is 2. The normalized spacial score (nSPS) is 16.1. The molecule has 2 unspecified atom stereocenters. The van der Waals surface area contributed by atoms with E-state index >= 15 is 0 Å². The molecule has 3 aromatic carbocycles. The fraction of sp³-hybridized carbons (Fsp3) is 0.200. The lowest BCUT2D eigenvalue weighted by atomic mass is 9.98. The van der Waals surface area contributed by atoms with Crippen molar-refractivity contribution in [3.8, 4) is 11.5 Å². The molecule has 6 nitrogen and oxygen atoms in total. The Kier molecular flexibility index (Phi) is 6.53. The molecule has 0 spiro atoms. The van der Waals surface area contributed by atoms with Gasteiger partial charge in [0.05, 0.1) is 11.7 Å². The number of hydrogen-bond acceptors (Lipinski definition) is 4. The maximum atomic E-state index is 13.1. The van der Waals surface area contributed by atoms with Gasteiger partial charge in [-0.15, -0.1) is 0 Å². The highest BCUT2D eigenvalue weighted by Gasteiger charge is 2.33. The minimum absolute atomic E-state index is 0.0244. The van der Waals surface area contributed by atoms with Crippen LogP contribution in [0, 0.1) is 0 Å². The van der Waals surface area contributed by atoms with Gasteiger partial charge in [0.1, 0.15) is 18.0 Å². The first kappa shape index (κ1) is 22.3. The maximum Gasteiger partial charge on any atom is 0.387 e. The Balaban J connectivity index is 1.57. The molecule has 170 valence electrons. The number of rotatable bonds is 7. The van der Waals surface area contributed by atoms with E-state index in [0.29, 0.717) is 17.0 Å². The van der Waals surface area contributed by atoms with Gasteiger partial charge in [-0.05, 0) is 42.3 Å². The molecule has 2 amide bonds. The van der Waals surface area contributed by atoms with Crippen LogP contribution in [0.4, 0.5) is 14.5 Å². The second-order valence-corrected chi connectivity index (χ2v) is 7.51. The standard InChI is InChI=1S/C25H22F2N2O4/c1-16-24(31)29(20-9-5-6-10-21(20)32-16)15-22(30)28-23(17-7-3-2-4-8-17)18-11-13-19(14-12-18)33-25(26)27/h2-14,16,23,25H,15H2,1H3,(H,28,30). The van der Waals surface area contributed by atoms with Gasteiger partial charge in [0.15, 0.2) is 6.10 Å². The minimum Gasteiger partial charge on any atom is -0.479 e. The first-order chi connectivity index (χ1) is 15.9. The van der Waals surface area contributed by atoms with Crippen molar-refractivity contribution >= 4 is 17.5 Å². The summed E-state index contributed by atoms with van der Waals surface area (Å²) in [5.41, 5.74) is 2.01. The van der Waals surface area contributed by atoms with Crippen LogP contribution in [0.5, 0.6) is 11.5 Å². The summed E-state index contributed by atoms with van der Waals surface area (Å²) in [6, 6.07) is 21.8. The Morgan fingerprint density at radius 1 is 1.00 bits per heavy atom. The Bertz CT molecular complexity index is 1120. The summed E-state index contributed by atoms with van der Waals surface area (Å²) >= 11 is 0. The monoisotopic (exact) mass is 452 g/mol. The number of nitrogens with one attached hydrogen (secondary N) is 1. The van der Waals surface area contributed by atoms with Gasteiger partial charge in [-0.1, -0.05) is 54.6 Å². The van der Waals surface area contributed by atoms with E-state index in [4.69, 9.17) is 4.74 Å². The van der Waals surface area contributed by atoms with Crippen molar-refractivity contribution < 1.29 is 27.8 Å². The summed E-state index contributed by atoms with van der Waals surface area (Å²) in [6.45, 7) is -1.48. The molecule has 2 atom stereocenters. The first-order valence-corrected chi connectivity index (χ1v) is 10.4. The average Bonchev–Trinajstić information content (AvgIpc) is 2.81. The van der Waals surface area contributed by atoms with E-state index in [9.17, 15) is 18.4 Å². The zero-order valence-electron chi connectivity index (χ0n) is 17.8. The van der Waals surface area contributed by atoms with Crippen LogP contribution in [0.3, 0.4) is 0 Å². The molecular formula is C25H22F2N2O4. The van der Waals surface area contributed by atoms with Gasteiger partial charge in [-0.3, -0.25) is 14.5 Å². The first-order valence-electron chi connectivity index (χ1n) is 10.4. The molecule has 33 heavy (non-hydrogen) atoms. The second kappa shape index (κ2) is 9.68. The molecule has 0 saturated heterocycles. The number of fused-ring (bicyclic) bond motifs is 1. The Morgan fingerprint density at radius 2 is 1.64 bits per heavy atom. The van der Waals surface area contributed by atoms with E-state index in [-0.39, 0.29) is 24.1 Å². The number of nitrogens with zero attached hydrogens (tertiary/aromatic N) is 1. The van der Waals surface area contributed by atoms with Crippen LogP contribution >= 0.6 is 0 Å². The van der Waals surface area contributed by atoms with Crippen molar-refractivity contribution in [3.63, 3.8) is 0 Å². The molecule has 4 rings (SSSR count). The minimum atomic E-state index is -2.92. The van der Waals surface area contributed by atoms with Gasteiger partial charge in [0, 0.05) is 0 Å². The molecule has 3 aromatic rings. The van der Waals surface area contributed by atoms with Gasteiger partial charge in [0.25, 0.3) is 5.91 Å². The molecule has 1 aliphatic heterocycles. The van der Waals surface area contributed by atoms with E-state index < -0.39 is 18.8 Å². The Morgan fingerprint density at radius 3 is 2.33 bits per heavy atom. The third kappa shape index (κ3) is 5.11. The Labute approximate surface area is 189 Å². The Hall–Kier alpha value is -3.94. The molecule has 1 N–H and O–H groups in total. The maximum absolute atomic E-state index is 13.1. The van der Waals surface area contributed by atoms with E-state index in [1.807, 2.05) is 30.3 Å². The van der Waals surface area contributed by atoms with Crippen LogP contribution in [-0.4, -0.2) is 31.1 Å². The third-order valence-electron chi connectivity index (χ3n) is 5.25. The number of hydrogen-bond donors (Lipinski definition) is 1. The molecule has 0 saturated carbocycles. The van der Waals surface area contributed by atoms with Crippen molar-refractivity contribution in [1.29, 1.82) is 0 Å². The van der Waals surface area contributed by atoms with Crippen molar-refractivity contribution in [2.75, 3.05) is 11.4 Å². The van der Waals surface area contributed by atoms with Crippen molar-refractivity contribution in [1.82, 2.24) is 5.32 Å². The van der Waals surface area contributed by atoms with Crippen LogP contribution in [0.1, 0.15) is 24.1 Å². The number of alkyl halides is 2. The van der Waals surface area contributed by atoms with Gasteiger partial charge in [0.2, 0.25) is 5.91 Å². The van der Waals surface area contributed by atoms with Crippen molar-refractivity contribution in [2.24, 2.45) is 0 Å². The van der Waals surface area contributed by atoms with Crippen LogP contribution < -0.4 is 19.7 Å². The van der Waals surface area contributed by atoms with Gasteiger partial charge in [-0.25, -0.2) is 0 Å². The van der Waals surface area contributed by atoms with Gasteiger partial charge >= 0.3 is 6.61 Å². The molecular weight excluding hydrogens is 430 g/mol. The number of carbonyl (C=O) groups excluding carboxylic acids is 2. The lowest BCUT2D eigenvalue weighted by molar-refractivity contribution is -0.128. The highest BCUT2D eigenvalue weighted by Crippen LogP contribution is 2.33. The zero-order valence-corrected chi connectivity index (χ0v) is 17.8. The summed E-state index contributed by atoms with van der Waals surface area (Å²) in [4.78, 5) is 27.2. The molecule has 1 aliphatic rings. The molecule has 0 aromatic heterocycles. The predicted molar refractivity (Wildman–Crippen MR) is 118 cm³/mol. The molecule has 0 aliphatic carbocycles. The molecule has 0 radical (unpaired) electrons. The summed E-state index contributed by atoms with van der Waals surface area (Å²) in [5, 5.41) is 2.96. The van der Waals surface area contributed by atoms with Crippen LogP contribution in [-0.2, 0) is 9.59 Å². The lowest BCUT2D eigenvalue weighted by Crippen LogP contribution is -2.49. The van der Waals surface area contributed by atoms with E-state index in [2.05, 4.69) is 10.1 Å². The second-order valence-electron chi connectivity index (χ2n) is 7.51. The average molecular weight is 452 g/mol. The van der Waals surface area contributed by atoms with Crippen LogP contribution in [0.15, 0.2) is 78.9 Å². The lowest BCUT2D eigenvalue weighted by Gasteiger charge is -2.33. The number of halogens is 2. The summed E-state index contributed by atoms with van der Waals surface area (Å²) in [5.74, 6) is -0.134. The topological polar surface area (TPSA) is 67.9 Å². The smallest absolute Gasteiger partial charge is 0.387 e. The summed E-state index contributed by atoms with van der Waals surface area (Å²) in [7, 11) is 0. The number of benzene rings is 3. The van der Waals surface area contributed by atoms with E-state index in [1.165, 1.54) is 17.0 Å². The zero-order chi connectivity index (χ0) is 23.4. The number of para-hydroxylation sites is 2. The summed E-state index contributed by atoms with van der Waals surface area (Å²) < 4.78 is 35.0. The van der Waals surface area contributed by atoms with Crippen molar-refractivity contribution in [2.45, 2.75) is 25.7 Å². The largest absolute Gasteiger partial charge is 0.479 e. The number of amides is 2. The van der Waals surface area contributed by atoms with Gasteiger partial charge in [-0.2, -0.15) is 8.78 Å². The quantitative estimate of drug-likeness (QED) is 0.580. The van der Waals surface area contributed by atoms with E-state index in [0.717, 1.165) is 5.56 Å². The third-order valence-corrected chi connectivity index (χ3v) is 5.25. The SMILES string of the molecule is CC1Oc2ccccc2N(CC(=O)NC(c2ccccc2)c2ccc(OC(F)F)cc2)C1=O. The van der Waals surface area contributed by atoms with Gasteiger partial charge < -0.3 is 14.8 Å².